The standard InChI is InChI=1S/C25H34N2O6/c1-18-5-9-21(33-18)16-26(12-11-19-6-10-22(31-3)23(15-19)32-4)24(28)17-27(13-14-30-2)25(29)20-7-8-20/h5-6,9-10,15,20H,7-8,11-14,16-17H2,1-4H3. The summed E-state index contributed by atoms with van der Waals surface area (Å²) >= 11 is 0. The first kappa shape index (κ1) is 24.6. The van der Waals surface area contributed by atoms with Gasteiger partial charge < -0.3 is 28.4 Å². The van der Waals surface area contributed by atoms with E-state index in [0.717, 1.165) is 24.2 Å². The van der Waals surface area contributed by atoms with Crippen LogP contribution in [0.1, 0.15) is 29.9 Å². The Hall–Kier alpha value is -3.00. The fourth-order valence-corrected chi connectivity index (χ4v) is 3.67. The molecule has 0 N–H and O–H groups in total. The van der Waals surface area contributed by atoms with Gasteiger partial charge in [0.1, 0.15) is 11.5 Å². The van der Waals surface area contributed by atoms with Crippen LogP contribution in [0.25, 0.3) is 0 Å². The predicted molar refractivity (Wildman–Crippen MR) is 123 cm³/mol. The summed E-state index contributed by atoms with van der Waals surface area (Å²) in [6.07, 6.45) is 2.41. The zero-order chi connectivity index (χ0) is 23.8. The highest BCUT2D eigenvalue weighted by Gasteiger charge is 2.34. The smallest absolute Gasteiger partial charge is 0.242 e. The second-order valence-corrected chi connectivity index (χ2v) is 8.29. The molecule has 1 heterocycles. The van der Waals surface area contributed by atoms with Gasteiger partial charge in [0.15, 0.2) is 11.5 Å². The fraction of sp³-hybridized carbons (Fsp3) is 0.520. The van der Waals surface area contributed by atoms with Crippen molar-refractivity contribution in [3.05, 3.63) is 47.4 Å². The number of nitrogens with zero attached hydrogens (tertiary/aromatic N) is 2. The minimum Gasteiger partial charge on any atom is -0.493 e. The maximum Gasteiger partial charge on any atom is 0.242 e. The van der Waals surface area contributed by atoms with Gasteiger partial charge in [0.25, 0.3) is 0 Å². The van der Waals surface area contributed by atoms with Crippen molar-refractivity contribution >= 4 is 11.8 Å². The number of aryl methyl sites for hydroxylation is 1. The molecule has 8 nitrogen and oxygen atoms in total. The number of rotatable bonds is 13. The van der Waals surface area contributed by atoms with Gasteiger partial charge in [-0.25, -0.2) is 0 Å². The molecule has 0 radical (unpaired) electrons. The summed E-state index contributed by atoms with van der Waals surface area (Å²) in [7, 11) is 4.79. The summed E-state index contributed by atoms with van der Waals surface area (Å²) in [5.74, 6) is 2.78. The Labute approximate surface area is 195 Å². The van der Waals surface area contributed by atoms with Crippen molar-refractivity contribution in [1.29, 1.82) is 0 Å². The van der Waals surface area contributed by atoms with Crippen LogP contribution in [0.4, 0.5) is 0 Å². The van der Waals surface area contributed by atoms with Crippen LogP contribution >= 0.6 is 0 Å². The van der Waals surface area contributed by atoms with Gasteiger partial charge in [-0.1, -0.05) is 6.07 Å². The zero-order valence-electron chi connectivity index (χ0n) is 20.0. The SMILES string of the molecule is COCCN(CC(=O)N(CCc1ccc(OC)c(OC)c1)Cc1ccc(C)o1)C(=O)C1CC1. The molecule has 180 valence electrons. The predicted octanol–water partition coefficient (Wildman–Crippen LogP) is 3.06. The summed E-state index contributed by atoms with van der Waals surface area (Å²) in [5, 5.41) is 0. The lowest BCUT2D eigenvalue weighted by atomic mass is 10.1. The molecule has 0 unspecified atom stereocenters. The quantitative estimate of drug-likeness (QED) is 0.459. The minimum atomic E-state index is -0.116. The molecule has 1 aromatic heterocycles. The van der Waals surface area contributed by atoms with Crippen LogP contribution in [0, 0.1) is 12.8 Å². The van der Waals surface area contributed by atoms with Crippen LogP contribution in [-0.4, -0.2) is 69.2 Å². The number of methoxy groups -OCH3 is 3. The van der Waals surface area contributed by atoms with Gasteiger partial charge in [0.2, 0.25) is 11.8 Å². The van der Waals surface area contributed by atoms with E-state index in [1.807, 2.05) is 37.3 Å². The van der Waals surface area contributed by atoms with Crippen molar-refractivity contribution in [2.24, 2.45) is 5.92 Å². The average Bonchev–Trinajstić information content (AvgIpc) is 3.59. The van der Waals surface area contributed by atoms with E-state index in [1.165, 1.54) is 0 Å². The molecular formula is C25H34N2O6. The maximum absolute atomic E-state index is 13.3. The van der Waals surface area contributed by atoms with Crippen LogP contribution in [0.2, 0.25) is 0 Å². The Bertz CT molecular complexity index is 937. The van der Waals surface area contributed by atoms with Gasteiger partial charge in [-0.3, -0.25) is 9.59 Å². The molecule has 2 amide bonds. The molecule has 2 aromatic rings. The molecule has 0 aliphatic heterocycles. The van der Waals surface area contributed by atoms with E-state index < -0.39 is 0 Å². The highest BCUT2D eigenvalue weighted by atomic mass is 16.5. The third kappa shape index (κ3) is 6.99. The Morgan fingerprint density at radius 1 is 1.00 bits per heavy atom. The molecule has 1 aliphatic carbocycles. The van der Waals surface area contributed by atoms with Crippen LogP contribution in [0.3, 0.4) is 0 Å². The molecule has 3 rings (SSSR count). The Kier molecular flexibility index (Phi) is 8.77. The van der Waals surface area contributed by atoms with Gasteiger partial charge in [-0.15, -0.1) is 0 Å². The van der Waals surface area contributed by atoms with E-state index in [2.05, 4.69) is 0 Å². The Balaban J connectivity index is 1.72. The lowest BCUT2D eigenvalue weighted by Gasteiger charge is -2.27. The number of hydrogen-bond donors (Lipinski definition) is 0. The van der Waals surface area contributed by atoms with E-state index >= 15 is 0 Å². The molecule has 0 spiro atoms. The lowest BCUT2D eigenvalue weighted by Crippen LogP contribution is -2.45. The number of hydrogen-bond acceptors (Lipinski definition) is 6. The second-order valence-electron chi connectivity index (χ2n) is 8.29. The van der Waals surface area contributed by atoms with E-state index in [0.29, 0.717) is 49.9 Å². The largest absolute Gasteiger partial charge is 0.493 e. The van der Waals surface area contributed by atoms with E-state index in [1.54, 1.807) is 31.1 Å². The number of carbonyl (C=O) groups excluding carboxylic acids is 2. The Morgan fingerprint density at radius 2 is 1.76 bits per heavy atom. The minimum absolute atomic E-state index is 0.0321. The summed E-state index contributed by atoms with van der Waals surface area (Å²) in [4.78, 5) is 29.4. The molecule has 0 saturated heterocycles. The highest BCUT2D eigenvalue weighted by Crippen LogP contribution is 2.31. The van der Waals surface area contributed by atoms with E-state index in [4.69, 9.17) is 18.6 Å². The summed E-state index contributed by atoms with van der Waals surface area (Å²) < 4.78 is 21.6. The van der Waals surface area contributed by atoms with Crippen molar-refractivity contribution < 1.29 is 28.2 Å². The maximum atomic E-state index is 13.3. The molecule has 1 saturated carbocycles. The number of benzene rings is 1. The summed E-state index contributed by atoms with van der Waals surface area (Å²) in [6, 6.07) is 9.50. The van der Waals surface area contributed by atoms with E-state index in [9.17, 15) is 9.59 Å². The Morgan fingerprint density at radius 3 is 2.36 bits per heavy atom. The lowest BCUT2D eigenvalue weighted by molar-refractivity contribution is -0.142. The van der Waals surface area contributed by atoms with Gasteiger partial charge in [-0.05, 0) is 56.0 Å². The first-order valence-electron chi connectivity index (χ1n) is 11.3. The molecule has 0 atom stereocenters. The van der Waals surface area contributed by atoms with Crippen molar-refractivity contribution in [2.75, 3.05) is 47.6 Å². The van der Waals surface area contributed by atoms with Crippen molar-refractivity contribution in [1.82, 2.24) is 9.80 Å². The second kappa shape index (κ2) is 11.7. The first-order valence-corrected chi connectivity index (χ1v) is 11.3. The summed E-state index contributed by atoms with van der Waals surface area (Å²) in [5.41, 5.74) is 1.02. The normalized spacial score (nSPS) is 13.0. The monoisotopic (exact) mass is 458 g/mol. The van der Waals surface area contributed by atoms with Crippen LogP contribution in [-0.2, 0) is 27.3 Å². The molecule has 8 heteroatoms. The third-order valence-corrected chi connectivity index (χ3v) is 5.74. The van der Waals surface area contributed by atoms with Gasteiger partial charge in [0.05, 0.1) is 33.9 Å². The third-order valence-electron chi connectivity index (χ3n) is 5.74. The molecule has 1 aromatic carbocycles. The van der Waals surface area contributed by atoms with Gasteiger partial charge >= 0.3 is 0 Å². The topological polar surface area (TPSA) is 81.5 Å². The fourth-order valence-electron chi connectivity index (χ4n) is 3.67. The van der Waals surface area contributed by atoms with E-state index in [-0.39, 0.29) is 24.3 Å². The highest BCUT2D eigenvalue weighted by molar-refractivity contribution is 5.87. The van der Waals surface area contributed by atoms with Gasteiger partial charge in [0, 0.05) is 26.1 Å². The van der Waals surface area contributed by atoms with Crippen molar-refractivity contribution in [2.45, 2.75) is 32.7 Å². The number of carbonyl (C=O) groups is 2. The molecule has 1 aliphatic rings. The zero-order valence-corrected chi connectivity index (χ0v) is 20.0. The van der Waals surface area contributed by atoms with Crippen LogP contribution in [0.15, 0.2) is 34.7 Å². The van der Waals surface area contributed by atoms with Crippen LogP contribution in [0.5, 0.6) is 11.5 Å². The van der Waals surface area contributed by atoms with Gasteiger partial charge in [-0.2, -0.15) is 0 Å². The number of furan rings is 1. The first-order chi connectivity index (χ1) is 15.9. The average molecular weight is 459 g/mol. The van der Waals surface area contributed by atoms with Crippen molar-refractivity contribution in [3.8, 4) is 11.5 Å². The number of ether oxygens (including phenoxy) is 3. The van der Waals surface area contributed by atoms with Crippen LogP contribution < -0.4 is 9.47 Å². The summed E-state index contributed by atoms with van der Waals surface area (Å²) in [6.45, 7) is 3.53. The number of amides is 2. The van der Waals surface area contributed by atoms with Crippen molar-refractivity contribution in [3.63, 3.8) is 0 Å². The molecule has 33 heavy (non-hydrogen) atoms. The molecule has 1 fully saturated rings. The molecule has 0 bridgehead atoms. The molecular weight excluding hydrogens is 424 g/mol.